The number of para-hydroxylation sites is 2. The van der Waals surface area contributed by atoms with Gasteiger partial charge in [-0.15, -0.1) is 0 Å². The number of aromatic nitrogens is 6. The molecule has 7 aromatic carbocycles. The number of hydrogen-bond acceptors (Lipinski definition) is 8. The summed E-state index contributed by atoms with van der Waals surface area (Å²) in [6, 6.07) is 53.5. The van der Waals surface area contributed by atoms with Crippen molar-refractivity contribution in [2.45, 2.75) is 0 Å². The number of fused-ring (bicyclic) bond motifs is 8. The van der Waals surface area contributed by atoms with Crippen molar-refractivity contribution in [3.63, 3.8) is 0 Å². The van der Waals surface area contributed by atoms with E-state index < -0.39 is 0 Å². The SMILES string of the molecule is c1ccc(-c2nc(-c3ccc(-c4cccc5c4oc4ccccc45)cc3)nc(-c3ccc4c(c3)nc(-c3ccccc3)c3ccc5nsnc5c34)n2)cc1. The van der Waals surface area contributed by atoms with Gasteiger partial charge in [-0.1, -0.05) is 133 Å². The van der Waals surface area contributed by atoms with E-state index in [1.807, 2.05) is 72.8 Å². The fourth-order valence-corrected chi connectivity index (χ4v) is 7.96. The van der Waals surface area contributed by atoms with Crippen LogP contribution in [0, 0.1) is 0 Å². The minimum Gasteiger partial charge on any atom is -0.455 e. The second kappa shape index (κ2) is 12.2. The van der Waals surface area contributed by atoms with E-state index in [1.165, 1.54) is 11.7 Å². The largest absolute Gasteiger partial charge is 0.455 e. The molecule has 0 N–H and O–H groups in total. The van der Waals surface area contributed by atoms with Crippen molar-refractivity contribution in [2.75, 3.05) is 0 Å². The van der Waals surface area contributed by atoms with Gasteiger partial charge in [-0.25, -0.2) is 19.9 Å². The molecular formula is C46H26N6OS. The van der Waals surface area contributed by atoms with Gasteiger partial charge < -0.3 is 4.42 Å². The maximum atomic E-state index is 6.34. The fourth-order valence-electron chi connectivity index (χ4n) is 7.42. The molecule has 8 heteroatoms. The highest BCUT2D eigenvalue weighted by molar-refractivity contribution is 7.00. The highest BCUT2D eigenvalue weighted by atomic mass is 32.1. The lowest BCUT2D eigenvalue weighted by Crippen LogP contribution is -2.00. The molecular weight excluding hydrogens is 685 g/mol. The number of rotatable bonds is 5. The number of hydrogen-bond donors (Lipinski definition) is 0. The van der Waals surface area contributed by atoms with Gasteiger partial charge in [0, 0.05) is 54.7 Å². The van der Waals surface area contributed by atoms with Crippen molar-refractivity contribution in [1.82, 2.24) is 28.7 Å². The lowest BCUT2D eigenvalue weighted by atomic mass is 9.98. The molecule has 0 atom stereocenters. The van der Waals surface area contributed by atoms with Crippen LogP contribution in [0.3, 0.4) is 0 Å². The van der Waals surface area contributed by atoms with Gasteiger partial charge in [0.1, 0.15) is 22.2 Å². The van der Waals surface area contributed by atoms with Crippen LogP contribution in [0.15, 0.2) is 162 Å². The highest BCUT2D eigenvalue weighted by Gasteiger charge is 2.18. The molecule has 0 aliphatic heterocycles. The molecule has 0 amide bonds. The number of benzene rings is 7. The van der Waals surface area contributed by atoms with Crippen molar-refractivity contribution in [2.24, 2.45) is 0 Å². The molecule has 54 heavy (non-hydrogen) atoms. The zero-order valence-corrected chi connectivity index (χ0v) is 29.3. The van der Waals surface area contributed by atoms with E-state index in [9.17, 15) is 0 Å². The molecule has 11 rings (SSSR count). The van der Waals surface area contributed by atoms with Crippen molar-refractivity contribution in [3.8, 4) is 56.5 Å². The first-order valence-electron chi connectivity index (χ1n) is 17.6. The van der Waals surface area contributed by atoms with Gasteiger partial charge in [0.15, 0.2) is 17.5 Å². The zero-order valence-electron chi connectivity index (χ0n) is 28.5. The van der Waals surface area contributed by atoms with Crippen LogP contribution >= 0.6 is 11.7 Å². The van der Waals surface area contributed by atoms with Crippen molar-refractivity contribution >= 4 is 66.4 Å². The van der Waals surface area contributed by atoms with E-state index in [-0.39, 0.29) is 0 Å². The first kappa shape index (κ1) is 30.5. The number of furan rings is 1. The first-order valence-corrected chi connectivity index (χ1v) is 18.4. The van der Waals surface area contributed by atoms with Gasteiger partial charge in [0.2, 0.25) is 0 Å². The highest BCUT2D eigenvalue weighted by Crippen LogP contribution is 2.39. The molecule has 4 aromatic heterocycles. The molecule has 252 valence electrons. The summed E-state index contributed by atoms with van der Waals surface area (Å²) >= 11 is 1.23. The summed E-state index contributed by atoms with van der Waals surface area (Å²) in [5.41, 5.74) is 11.0. The average molecular weight is 711 g/mol. The summed E-state index contributed by atoms with van der Waals surface area (Å²) < 4.78 is 15.6. The van der Waals surface area contributed by atoms with E-state index in [4.69, 9.17) is 28.7 Å². The zero-order chi connectivity index (χ0) is 35.6. The molecule has 0 unspecified atom stereocenters. The topological polar surface area (TPSA) is 90.5 Å². The number of pyridine rings is 1. The maximum Gasteiger partial charge on any atom is 0.164 e. The molecule has 11 aromatic rings. The molecule has 0 radical (unpaired) electrons. The molecule has 0 spiro atoms. The Bertz CT molecular complexity index is 3210. The predicted molar refractivity (Wildman–Crippen MR) is 218 cm³/mol. The molecule has 0 saturated heterocycles. The molecule has 0 bridgehead atoms. The third kappa shape index (κ3) is 4.96. The molecule has 0 fully saturated rings. The summed E-state index contributed by atoms with van der Waals surface area (Å²) in [4.78, 5) is 20.4. The average Bonchev–Trinajstić information content (AvgIpc) is 3.89. The van der Waals surface area contributed by atoms with Gasteiger partial charge in [0.25, 0.3) is 0 Å². The Labute approximate surface area is 312 Å². The summed E-state index contributed by atoms with van der Waals surface area (Å²) in [5.74, 6) is 1.74. The third-order valence-electron chi connectivity index (χ3n) is 10.0. The van der Waals surface area contributed by atoms with E-state index >= 15 is 0 Å². The van der Waals surface area contributed by atoms with E-state index in [2.05, 4.69) is 89.3 Å². The summed E-state index contributed by atoms with van der Waals surface area (Å²) in [5, 5.41) is 5.29. The first-order chi connectivity index (χ1) is 26.7. The maximum absolute atomic E-state index is 6.34. The predicted octanol–water partition coefficient (Wildman–Crippen LogP) is 11.8. The van der Waals surface area contributed by atoms with Crippen LogP contribution in [0.4, 0.5) is 0 Å². The molecule has 4 heterocycles. The smallest absolute Gasteiger partial charge is 0.164 e. The van der Waals surface area contributed by atoms with Gasteiger partial charge in [0.05, 0.1) is 22.9 Å². The Morgan fingerprint density at radius 2 is 1.04 bits per heavy atom. The minimum absolute atomic E-state index is 0.563. The Balaban J connectivity index is 1.07. The Kier molecular flexibility index (Phi) is 6.90. The molecule has 0 saturated carbocycles. The van der Waals surface area contributed by atoms with Crippen molar-refractivity contribution < 1.29 is 4.42 Å². The van der Waals surface area contributed by atoms with Crippen LogP contribution in [0.5, 0.6) is 0 Å². The van der Waals surface area contributed by atoms with Crippen molar-refractivity contribution in [1.29, 1.82) is 0 Å². The lowest BCUT2D eigenvalue weighted by Gasteiger charge is -2.12. The van der Waals surface area contributed by atoms with Gasteiger partial charge in [-0.05, 0) is 29.8 Å². The van der Waals surface area contributed by atoms with Crippen molar-refractivity contribution in [3.05, 3.63) is 158 Å². The lowest BCUT2D eigenvalue weighted by molar-refractivity contribution is 0.670. The third-order valence-corrected chi connectivity index (χ3v) is 10.6. The van der Waals surface area contributed by atoms with Gasteiger partial charge in [-0.3, -0.25) is 0 Å². The Morgan fingerprint density at radius 1 is 0.407 bits per heavy atom. The minimum atomic E-state index is 0.563. The summed E-state index contributed by atoms with van der Waals surface area (Å²) in [6.07, 6.45) is 0. The summed E-state index contributed by atoms with van der Waals surface area (Å²) in [7, 11) is 0. The van der Waals surface area contributed by atoms with Gasteiger partial charge >= 0.3 is 0 Å². The Morgan fingerprint density at radius 3 is 1.83 bits per heavy atom. The fraction of sp³-hybridized carbons (Fsp3) is 0. The normalized spacial score (nSPS) is 11.7. The van der Waals surface area contributed by atoms with Crippen LogP contribution in [0.25, 0.3) is 111 Å². The quantitative estimate of drug-likeness (QED) is 0.164. The number of nitrogens with zero attached hydrogens (tertiary/aromatic N) is 6. The van der Waals surface area contributed by atoms with E-state index in [0.29, 0.717) is 17.5 Å². The summed E-state index contributed by atoms with van der Waals surface area (Å²) in [6.45, 7) is 0. The molecule has 0 aliphatic carbocycles. The standard InChI is InChI=1S/C46H26N6OS/c1-3-10-28(11-4-1)41-36-24-25-37-42(52-54-51-37)40(36)35-23-22-31(26-38(35)47-41)46-49-44(29-12-5-2-6-13-29)48-45(50-46)30-20-18-27(19-21-30)32-15-9-16-34-33-14-7-8-17-39(33)53-43(32)34/h1-26H. The van der Waals surface area contributed by atoms with E-state index in [0.717, 1.165) is 93.7 Å². The van der Waals surface area contributed by atoms with Crippen LogP contribution in [-0.4, -0.2) is 28.7 Å². The molecule has 7 nitrogen and oxygen atoms in total. The van der Waals surface area contributed by atoms with Crippen LogP contribution in [0.1, 0.15) is 0 Å². The van der Waals surface area contributed by atoms with Crippen LogP contribution in [0.2, 0.25) is 0 Å². The van der Waals surface area contributed by atoms with E-state index in [1.54, 1.807) is 0 Å². The van der Waals surface area contributed by atoms with Crippen LogP contribution in [-0.2, 0) is 0 Å². The van der Waals surface area contributed by atoms with Gasteiger partial charge in [-0.2, -0.15) is 8.75 Å². The monoisotopic (exact) mass is 710 g/mol. The second-order valence-electron chi connectivity index (χ2n) is 13.2. The Hall–Kier alpha value is -7.16. The molecule has 0 aliphatic rings. The van der Waals surface area contributed by atoms with Crippen LogP contribution < -0.4 is 0 Å². The second-order valence-corrected chi connectivity index (χ2v) is 13.7.